The minimum Gasteiger partial charge on any atom is -0.490 e. The van der Waals surface area contributed by atoms with Crippen LogP contribution in [0.5, 0.6) is 5.75 Å². The van der Waals surface area contributed by atoms with E-state index in [2.05, 4.69) is 15.6 Å². The first-order valence-corrected chi connectivity index (χ1v) is 8.17. The number of halogens is 3. The molecule has 1 aliphatic heterocycles. The fraction of sp³-hybridized carbons (Fsp3) is 0.294. The van der Waals surface area contributed by atoms with E-state index < -0.39 is 0 Å². The lowest BCUT2D eigenvalue weighted by atomic mass is 10.2. The summed E-state index contributed by atoms with van der Waals surface area (Å²) in [4.78, 5) is 18.4. The van der Waals surface area contributed by atoms with Crippen molar-refractivity contribution in [3.05, 3.63) is 53.8 Å². The van der Waals surface area contributed by atoms with Gasteiger partial charge in [-0.15, -0.1) is 24.8 Å². The molecule has 0 spiro atoms. The van der Waals surface area contributed by atoms with E-state index in [-0.39, 0.29) is 36.9 Å². The summed E-state index contributed by atoms with van der Waals surface area (Å²) in [5.41, 5.74) is 0.679. The normalized spacial score (nSPS) is 16.0. The van der Waals surface area contributed by atoms with Crippen molar-refractivity contribution >= 4 is 48.1 Å². The molecule has 2 aromatic rings. The topological polar surface area (TPSA) is 66.5 Å². The van der Waals surface area contributed by atoms with Crippen LogP contribution in [-0.2, 0) is 0 Å². The molecule has 1 fully saturated rings. The zero-order valence-corrected chi connectivity index (χ0v) is 16.3. The second kappa shape index (κ2) is 11.1. The maximum Gasteiger partial charge on any atom is 0.322 e. The molecule has 1 unspecified atom stereocenters. The number of benzene rings is 1. The fourth-order valence-electron chi connectivity index (χ4n) is 2.56. The van der Waals surface area contributed by atoms with Crippen LogP contribution in [0.4, 0.5) is 10.5 Å². The number of nitrogens with zero attached hydrogens (tertiary/aromatic N) is 2. The van der Waals surface area contributed by atoms with Crippen molar-refractivity contribution in [1.29, 1.82) is 0 Å². The molecule has 1 aromatic heterocycles. The van der Waals surface area contributed by atoms with E-state index in [9.17, 15) is 4.79 Å². The Bertz CT molecular complexity index is 691. The first-order valence-electron chi connectivity index (χ1n) is 7.79. The summed E-state index contributed by atoms with van der Waals surface area (Å²) in [7, 11) is 0. The van der Waals surface area contributed by atoms with E-state index in [0.717, 1.165) is 6.54 Å². The number of pyridine rings is 1. The number of piperazine rings is 1. The third-order valence-corrected chi connectivity index (χ3v) is 4.00. The number of urea groups is 1. The van der Waals surface area contributed by atoms with Crippen LogP contribution in [0.3, 0.4) is 0 Å². The summed E-state index contributed by atoms with van der Waals surface area (Å²) in [5.74, 6) is 0.693. The highest BCUT2D eigenvalue weighted by molar-refractivity contribution is 6.30. The average molecular weight is 420 g/mol. The Hall–Kier alpha value is -1.73. The van der Waals surface area contributed by atoms with E-state index in [4.69, 9.17) is 16.3 Å². The molecule has 1 atom stereocenters. The Morgan fingerprint density at radius 3 is 2.92 bits per heavy atom. The van der Waals surface area contributed by atoms with Crippen molar-refractivity contribution in [3.63, 3.8) is 0 Å². The highest BCUT2D eigenvalue weighted by Crippen LogP contribution is 2.17. The van der Waals surface area contributed by atoms with Crippen molar-refractivity contribution in [1.82, 2.24) is 15.2 Å². The average Bonchev–Trinajstić information content (AvgIpc) is 2.61. The zero-order chi connectivity index (χ0) is 16.8. The number of hydrogen-bond acceptors (Lipinski definition) is 4. The molecule has 2 N–H and O–H groups in total. The number of nitrogens with one attached hydrogen (secondary N) is 2. The quantitative estimate of drug-likeness (QED) is 0.796. The minimum absolute atomic E-state index is 0. The number of aromatic nitrogens is 1. The Balaban J connectivity index is 0.00000169. The van der Waals surface area contributed by atoms with Gasteiger partial charge in [-0.05, 0) is 30.3 Å². The number of carbonyl (C=O) groups is 1. The Labute approximate surface area is 170 Å². The highest BCUT2D eigenvalue weighted by atomic mass is 35.5. The van der Waals surface area contributed by atoms with Crippen LogP contribution in [0.2, 0.25) is 5.02 Å². The van der Waals surface area contributed by atoms with Crippen molar-refractivity contribution < 1.29 is 9.53 Å². The van der Waals surface area contributed by atoms with Gasteiger partial charge in [0.05, 0.1) is 12.2 Å². The lowest BCUT2D eigenvalue weighted by Crippen LogP contribution is -2.57. The Morgan fingerprint density at radius 1 is 1.35 bits per heavy atom. The number of ether oxygens (including phenoxy) is 1. The summed E-state index contributed by atoms with van der Waals surface area (Å²) in [6, 6.07) is 10.6. The van der Waals surface area contributed by atoms with Gasteiger partial charge in [0.15, 0.2) is 0 Å². The summed E-state index contributed by atoms with van der Waals surface area (Å²) in [6.45, 7) is 2.46. The predicted octanol–water partition coefficient (Wildman–Crippen LogP) is 3.46. The van der Waals surface area contributed by atoms with Gasteiger partial charge >= 0.3 is 6.03 Å². The Morgan fingerprint density at radius 2 is 2.19 bits per heavy atom. The third kappa shape index (κ3) is 6.21. The second-order valence-electron chi connectivity index (χ2n) is 5.49. The largest absolute Gasteiger partial charge is 0.490 e. The first kappa shape index (κ1) is 22.3. The van der Waals surface area contributed by atoms with Gasteiger partial charge in [-0.25, -0.2) is 4.79 Å². The molecule has 1 saturated heterocycles. The molecule has 0 radical (unpaired) electrons. The molecule has 3 rings (SSSR count). The summed E-state index contributed by atoms with van der Waals surface area (Å²) in [5, 5.41) is 6.77. The van der Waals surface area contributed by atoms with Gasteiger partial charge in [-0.3, -0.25) is 4.98 Å². The summed E-state index contributed by atoms with van der Waals surface area (Å²) < 4.78 is 5.75. The van der Waals surface area contributed by atoms with Crippen molar-refractivity contribution in [3.8, 4) is 5.75 Å². The molecular weight excluding hydrogens is 399 g/mol. The number of amides is 2. The van der Waals surface area contributed by atoms with Gasteiger partial charge in [0.25, 0.3) is 0 Å². The van der Waals surface area contributed by atoms with Crippen LogP contribution in [0, 0.1) is 0 Å². The predicted molar refractivity (Wildman–Crippen MR) is 108 cm³/mol. The van der Waals surface area contributed by atoms with Crippen molar-refractivity contribution in [2.45, 2.75) is 6.04 Å². The van der Waals surface area contributed by atoms with E-state index in [0.29, 0.717) is 36.2 Å². The minimum atomic E-state index is -0.154. The van der Waals surface area contributed by atoms with E-state index >= 15 is 0 Å². The molecule has 9 heteroatoms. The molecule has 0 aliphatic carbocycles. The van der Waals surface area contributed by atoms with Crippen LogP contribution in [0.25, 0.3) is 0 Å². The molecule has 142 valence electrons. The molecule has 0 saturated carbocycles. The maximum absolute atomic E-state index is 12.6. The molecule has 26 heavy (non-hydrogen) atoms. The van der Waals surface area contributed by atoms with Gasteiger partial charge in [-0.2, -0.15) is 0 Å². The smallest absolute Gasteiger partial charge is 0.322 e. The van der Waals surface area contributed by atoms with E-state index in [1.54, 1.807) is 35.5 Å². The molecule has 1 aromatic carbocycles. The van der Waals surface area contributed by atoms with Crippen LogP contribution >= 0.6 is 36.4 Å². The van der Waals surface area contributed by atoms with E-state index in [1.807, 2.05) is 18.2 Å². The van der Waals surface area contributed by atoms with Gasteiger partial charge in [0.2, 0.25) is 0 Å². The second-order valence-corrected chi connectivity index (χ2v) is 5.93. The zero-order valence-electron chi connectivity index (χ0n) is 13.9. The summed E-state index contributed by atoms with van der Waals surface area (Å²) >= 11 is 5.96. The van der Waals surface area contributed by atoms with Gasteiger partial charge < -0.3 is 20.3 Å². The van der Waals surface area contributed by atoms with Crippen LogP contribution < -0.4 is 15.4 Å². The number of anilines is 1. The fourth-order valence-corrected chi connectivity index (χ4v) is 2.75. The number of rotatable bonds is 4. The molecule has 2 heterocycles. The first-order chi connectivity index (χ1) is 11.7. The molecule has 1 aliphatic rings. The number of hydrogen-bond donors (Lipinski definition) is 2. The van der Waals surface area contributed by atoms with Crippen molar-refractivity contribution in [2.75, 3.05) is 31.6 Å². The Kier molecular flexibility index (Phi) is 9.51. The van der Waals surface area contributed by atoms with Gasteiger partial charge in [0, 0.05) is 36.5 Å². The molecule has 2 amide bonds. The number of carbonyl (C=O) groups excluding carboxylic acids is 1. The SMILES string of the molecule is Cl.Cl.O=C(Nc1cccc(Cl)c1)N1CCNCC1COc1cccnc1. The van der Waals surface area contributed by atoms with Gasteiger partial charge in [0.1, 0.15) is 12.4 Å². The molecule has 0 bridgehead atoms. The van der Waals surface area contributed by atoms with Gasteiger partial charge in [-0.1, -0.05) is 17.7 Å². The van der Waals surface area contributed by atoms with Crippen molar-refractivity contribution in [2.24, 2.45) is 0 Å². The molecular formula is C17H21Cl3N4O2. The third-order valence-electron chi connectivity index (χ3n) is 3.76. The van der Waals surface area contributed by atoms with E-state index in [1.165, 1.54) is 0 Å². The lowest BCUT2D eigenvalue weighted by molar-refractivity contribution is 0.133. The molecule has 6 nitrogen and oxygen atoms in total. The summed E-state index contributed by atoms with van der Waals surface area (Å²) in [6.07, 6.45) is 3.35. The maximum atomic E-state index is 12.6. The monoisotopic (exact) mass is 418 g/mol. The van der Waals surface area contributed by atoms with Crippen LogP contribution in [0.1, 0.15) is 0 Å². The van der Waals surface area contributed by atoms with Crippen LogP contribution in [-0.4, -0.2) is 48.2 Å². The highest BCUT2D eigenvalue weighted by Gasteiger charge is 2.27. The standard InChI is InChI=1S/C17H19ClN4O2.2ClH/c18-13-3-1-4-14(9-13)21-17(23)22-8-7-20-10-15(22)12-24-16-5-2-6-19-11-16;;/h1-6,9,11,15,20H,7-8,10,12H2,(H,21,23);2*1H. The lowest BCUT2D eigenvalue weighted by Gasteiger charge is -2.35. The van der Waals surface area contributed by atoms with Crippen LogP contribution in [0.15, 0.2) is 48.8 Å².